The van der Waals surface area contributed by atoms with Crippen LogP contribution in [-0.4, -0.2) is 143 Å². The van der Waals surface area contributed by atoms with E-state index in [1.165, 1.54) is 20.7 Å². The van der Waals surface area contributed by atoms with Crippen LogP contribution in [0.4, 0.5) is 0 Å². The molecule has 418 valence electrons. The second-order valence-electron chi connectivity index (χ2n) is 23.8. The Bertz CT molecular complexity index is 3040. The number of aliphatic hydroxyl groups excluding tert-OH is 1. The summed E-state index contributed by atoms with van der Waals surface area (Å²) in [5.41, 5.74) is 2.00. The molecule has 0 unspecified atom stereocenters. The molecule has 80 heavy (non-hydrogen) atoms. The van der Waals surface area contributed by atoms with Crippen LogP contribution in [0.5, 0.6) is 0 Å². The molecule has 6 aromatic rings. The van der Waals surface area contributed by atoms with Crippen molar-refractivity contribution in [1.82, 2.24) is 25.3 Å². The fourth-order valence-corrected chi connectivity index (χ4v) is 22.4. The smallest absolute Gasteiger partial charge is 0.367 e. The number of thioether (sulfide) groups is 1. The van der Waals surface area contributed by atoms with Crippen molar-refractivity contribution in [3.05, 3.63) is 187 Å². The van der Waals surface area contributed by atoms with Crippen molar-refractivity contribution < 1.29 is 28.3 Å². The van der Waals surface area contributed by atoms with E-state index in [1.807, 2.05) is 30.3 Å². The number of carbonyl (C=O) groups is 1. The maximum absolute atomic E-state index is 14.5. The first-order valence-corrected chi connectivity index (χ1v) is 33.6. The van der Waals surface area contributed by atoms with E-state index in [9.17, 15) is 9.90 Å². The average Bonchev–Trinajstić information content (AvgIpc) is 3.60. The lowest BCUT2D eigenvalue weighted by molar-refractivity contribution is -0.546. The van der Waals surface area contributed by atoms with Gasteiger partial charge in [-0.05, 0) is 79.6 Å². The summed E-state index contributed by atoms with van der Waals surface area (Å²) in [5, 5.41) is 24.0. The molecule has 0 aliphatic carbocycles. The maximum atomic E-state index is 14.5. The van der Waals surface area contributed by atoms with Gasteiger partial charge in [-0.15, -0.1) is 11.8 Å². The van der Waals surface area contributed by atoms with Gasteiger partial charge in [0, 0.05) is 48.7 Å². The van der Waals surface area contributed by atoms with E-state index in [2.05, 4.69) is 210 Å². The summed E-state index contributed by atoms with van der Waals surface area (Å²) in [4.78, 5) is 31.2. The number of carbonyl (C=O) groups excluding carboxylic acids is 1. The molecule has 12 nitrogen and oxygen atoms in total. The number of hydrogen-bond donors (Lipinski definition) is 4. The topological polar surface area (TPSA) is 119 Å². The van der Waals surface area contributed by atoms with Crippen molar-refractivity contribution >= 4 is 72.9 Å². The van der Waals surface area contributed by atoms with Gasteiger partial charge in [0.25, 0.3) is 22.5 Å². The van der Waals surface area contributed by atoms with E-state index in [1.54, 1.807) is 17.8 Å². The Labute approximate surface area is 481 Å². The van der Waals surface area contributed by atoms with Gasteiger partial charge in [0.1, 0.15) is 6.67 Å². The van der Waals surface area contributed by atoms with Crippen LogP contribution in [0, 0.1) is 0 Å². The zero-order chi connectivity index (χ0) is 55.7. The van der Waals surface area contributed by atoms with Crippen molar-refractivity contribution in [3.8, 4) is 0 Å². The first-order valence-electron chi connectivity index (χ1n) is 28.8. The number of amides is 1. The number of aliphatic imine (C=N–C) groups is 1. The molecule has 4 aliphatic rings. The van der Waals surface area contributed by atoms with Crippen LogP contribution < -0.4 is 36.4 Å². The number of fused-ring (bicyclic) bond motifs is 1. The van der Waals surface area contributed by atoms with Crippen LogP contribution in [-0.2, 0) is 14.6 Å². The quantitative estimate of drug-likeness (QED) is 0.0230. The summed E-state index contributed by atoms with van der Waals surface area (Å²) in [6, 6.07) is 59.4. The minimum absolute atomic E-state index is 0.0169. The van der Waals surface area contributed by atoms with E-state index in [0.717, 1.165) is 87.3 Å². The number of aliphatic hydroxyl groups is 1. The highest BCUT2D eigenvalue weighted by atomic mass is 32.2. The monoisotopic (exact) mass is 1130 g/mol. The van der Waals surface area contributed by atoms with E-state index >= 15 is 0 Å². The minimum atomic E-state index is -2.75. The second-order valence-corrected chi connectivity index (χ2v) is 33.5. The SMILES string of the molecule is CC(C)(C)[Si](OC[C@@H]1CCN2CCCN(C[NH+]=C(O)c3cc(CSc4ccccc4)cc(C(=O)NCN4CCC[N+]5=C4N[C@H](CO[Si](c4ccccc4)(c4ccccc4)C(C)(C)C)CC5)c3)C2=N1)(c1ccccc1)c1ccccc1. The molecule has 0 radical (unpaired) electrons. The second kappa shape index (κ2) is 25.1. The summed E-state index contributed by atoms with van der Waals surface area (Å²) in [6.07, 6.45) is 3.84. The van der Waals surface area contributed by atoms with Gasteiger partial charge in [-0.25, -0.2) is 9.89 Å². The fraction of sp³-hybridized carbons (Fsp3) is 0.385. The predicted octanol–water partition coefficient (Wildman–Crippen LogP) is 6.73. The lowest BCUT2D eigenvalue weighted by Gasteiger charge is -2.45. The molecular formula is C65H82N8O4SSi2+2. The Morgan fingerprint density at radius 2 is 1.21 bits per heavy atom. The van der Waals surface area contributed by atoms with Crippen LogP contribution in [0.15, 0.2) is 180 Å². The van der Waals surface area contributed by atoms with Gasteiger partial charge in [-0.1, -0.05) is 181 Å². The molecule has 1 saturated heterocycles. The number of hydrogen-bond acceptors (Lipinski definition) is 9. The molecule has 15 heteroatoms. The Balaban J connectivity index is 0.843. The summed E-state index contributed by atoms with van der Waals surface area (Å²) in [6.45, 7) is 21.0. The van der Waals surface area contributed by atoms with Gasteiger partial charge in [0.2, 0.25) is 12.6 Å². The first kappa shape index (κ1) is 56.8. The summed E-state index contributed by atoms with van der Waals surface area (Å²) < 4.78 is 17.2. The number of nitrogens with one attached hydrogen (secondary N) is 3. The van der Waals surface area contributed by atoms with Crippen LogP contribution in [0.25, 0.3) is 0 Å². The third-order valence-electron chi connectivity index (χ3n) is 16.4. The number of benzene rings is 6. The summed E-state index contributed by atoms with van der Waals surface area (Å²) >= 11 is 1.71. The van der Waals surface area contributed by atoms with Gasteiger partial charge in [0.15, 0.2) is 0 Å². The number of guanidine groups is 2. The van der Waals surface area contributed by atoms with Crippen molar-refractivity contribution in [1.29, 1.82) is 0 Å². The normalized spacial score (nSPS) is 18.2. The van der Waals surface area contributed by atoms with Crippen LogP contribution >= 0.6 is 11.8 Å². The molecule has 0 bridgehead atoms. The van der Waals surface area contributed by atoms with Crippen molar-refractivity contribution in [3.63, 3.8) is 0 Å². The van der Waals surface area contributed by atoms with Crippen LogP contribution in [0.3, 0.4) is 0 Å². The predicted molar refractivity (Wildman–Crippen MR) is 331 cm³/mol. The molecule has 4 heterocycles. The number of nitrogens with zero attached hydrogens (tertiary/aromatic N) is 5. The molecule has 1 amide bonds. The van der Waals surface area contributed by atoms with Gasteiger partial charge in [-0.3, -0.25) is 19.6 Å². The highest BCUT2D eigenvalue weighted by molar-refractivity contribution is 7.98. The molecule has 1 fully saturated rings. The van der Waals surface area contributed by atoms with Crippen LogP contribution in [0.2, 0.25) is 10.1 Å². The molecule has 6 aromatic carbocycles. The molecule has 10 rings (SSSR count). The molecule has 0 spiro atoms. The lowest BCUT2D eigenvalue weighted by Crippen LogP contribution is -2.79. The largest absolute Gasteiger partial charge is 0.460 e. The number of rotatable bonds is 19. The third-order valence-corrected chi connectivity index (χ3v) is 27.5. The van der Waals surface area contributed by atoms with Crippen molar-refractivity contribution in [2.24, 2.45) is 4.99 Å². The van der Waals surface area contributed by atoms with Gasteiger partial charge >= 0.3 is 11.9 Å². The van der Waals surface area contributed by atoms with Crippen molar-refractivity contribution in [2.45, 2.75) is 100 Å². The van der Waals surface area contributed by atoms with E-state index in [0.29, 0.717) is 43.4 Å². The fourth-order valence-electron chi connectivity index (χ4n) is 12.4. The Hall–Kier alpha value is -6.50. The Kier molecular flexibility index (Phi) is 17.8. The summed E-state index contributed by atoms with van der Waals surface area (Å²) in [7, 11) is -5.48. The lowest BCUT2D eigenvalue weighted by atomic mass is 10.1. The zero-order valence-corrected chi connectivity index (χ0v) is 50.6. The molecule has 0 aromatic heterocycles. The van der Waals surface area contributed by atoms with E-state index in [4.69, 9.17) is 13.8 Å². The summed E-state index contributed by atoms with van der Waals surface area (Å²) in [5.74, 6) is 2.43. The standard InChI is InChI=1S/C65H80N8O4SSi2/c1-64(2,3)79(56-26-14-8-15-27-56,57-28-16-9-17-29-57)76-45-53-34-40-70-36-22-38-72(62(70)68-53)48-66-60(74)51-42-50(47-78-55-24-12-7-13-25-55)43-52(44-51)61(75)67-49-73-39-23-37-71-41-35-54(69-63(71)73)46-77-80(65(4,5)6,58-30-18-10-19-31-58)59-32-20-11-21-33-59/h7-21,24-33,42-44,53-54H,22-23,34-41,45-49H2,1-6H3,(H2,66,67,74,75)/p+2/t53-,54-/m0/s1. The van der Waals surface area contributed by atoms with Crippen molar-refractivity contribution in [2.75, 3.05) is 65.8 Å². The Morgan fingerprint density at radius 1 is 0.675 bits per heavy atom. The Morgan fingerprint density at radius 3 is 1.79 bits per heavy atom. The van der Waals surface area contributed by atoms with Gasteiger partial charge in [0.05, 0.1) is 50.5 Å². The molecule has 4 N–H and O–H groups in total. The first-order chi connectivity index (χ1) is 38.7. The van der Waals surface area contributed by atoms with E-state index in [-0.39, 0.29) is 34.0 Å². The van der Waals surface area contributed by atoms with Gasteiger partial charge < -0.3 is 24.2 Å². The highest BCUT2D eigenvalue weighted by Crippen LogP contribution is 2.38. The van der Waals surface area contributed by atoms with E-state index < -0.39 is 16.6 Å². The van der Waals surface area contributed by atoms with Gasteiger partial charge in [-0.2, -0.15) is 4.99 Å². The third kappa shape index (κ3) is 12.5. The molecule has 0 saturated carbocycles. The zero-order valence-electron chi connectivity index (χ0n) is 47.7. The average molecular weight is 1130 g/mol. The molecule has 4 aliphatic heterocycles. The molecular weight excluding hydrogens is 1050 g/mol. The maximum Gasteiger partial charge on any atom is 0.367 e. The van der Waals surface area contributed by atoms with Crippen LogP contribution in [0.1, 0.15) is 88.7 Å². The highest BCUT2D eigenvalue weighted by Gasteiger charge is 2.52. The minimum Gasteiger partial charge on any atom is -0.460 e. The molecule has 2 atom stereocenters.